The summed E-state index contributed by atoms with van der Waals surface area (Å²) in [5.41, 5.74) is 4.49. The molecule has 4 fully saturated rings. The zero-order chi connectivity index (χ0) is 31.5. The van der Waals surface area contributed by atoms with Gasteiger partial charge in [0.2, 0.25) is 0 Å². The largest absolute Gasteiger partial charge is 0.490 e. The normalized spacial score (nSPS) is 47.7. The summed E-state index contributed by atoms with van der Waals surface area (Å²) >= 11 is 0. The summed E-state index contributed by atoms with van der Waals surface area (Å²) in [4.78, 5) is 2.38. The maximum absolute atomic E-state index is 7.08. The Labute approximate surface area is 265 Å². The summed E-state index contributed by atoms with van der Waals surface area (Å²) in [6.45, 7) is 27.8. The van der Waals surface area contributed by atoms with Gasteiger partial charge in [-0.25, -0.2) is 0 Å². The van der Waals surface area contributed by atoms with E-state index < -0.39 is 0 Å². The minimum atomic E-state index is 0.0273. The van der Waals surface area contributed by atoms with Crippen LogP contribution >= 0.6 is 0 Å². The average Bonchev–Trinajstić information content (AvgIpc) is 2.93. The number of rotatable bonds is 9. The predicted molar refractivity (Wildman–Crippen MR) is 180 cm³/mol. The van der Waals surface area contributed by atoms with Crippen LogP contribution in [0.15, 0.2) is 35.1 Å². The highest BCUT2D eigenvalue weighted by molar-refractivity contribution is 5.47. The average molecular weight is 592 g/mol. The summed E-state index contributed by atoms with van der Waals surface area (Å²) in [6, 6.07) is 0. The van der Waals surface area contributed by atoms with Crippen LogP contribution in [0.5, 0.6) is 0 Å². The van der Waals surface area contributed by atoms with E-state index in [-0.39, 0.29) is 28.1 Å². The Kier molecular flexibility index (Phi) is 7.40. The highest BCUT2D eigenvalue weighted by atomic mass is 16.5. The van der Waals surface area contributed by atoms with Crippen LogP contribution in [0.3, 0.4) is 0 Å². The first-order valence-corrected chi connectivity index (χ1v) is 18.1. The first-order chi connectivity index (χ1) is 20.0. The van der Waals surface area contributed by atoms with Gasteiger partial charge in [-0.05, 0) is 125 Å². The summed E-state index contributed by atoms with van der Waals surface area (Å²) in [6.07, 6.45) is 16.8. The smallest absolute Gasteiger partial charge is 0.122 e. The molecule has 5 aliphatic carbocycles. The van der Waals surface area contributed by atoms with Crippen molar-refractivity contribution in [2.45, 2.75) is 138 Å². The minimum absolute atomic E-state index is 0.0273. The predicted octanol–water partition coefficient (Wildman–Crippen LogP) is 9.84. The second-order valence-electron chi connectivity index (χ2n) is 18.0. The van der Waals surface area contributed by atoms with Crippen molar-refractivity contribution in [3.8, 4) is 0 Å². The molecule has 3 nitrogen and oxygen atoms in total. The molecule has 11 atom stereocenters. The van der Waals surface area contributed by atoms with Gasteiger partial charge in [-0.2, -0.15) is 0 Å². The second-order valence-corrected chi connectivity index (χ2v) is 18.0. The van der Waals surface area contributed by atoms with Gasteiger partial charge in [-0.15, -0.1) is 0 Å². The third-order valence-electron chi connectivity index (χ3n) is 16.1. The van der Waals surface area contributed by atoms with E-state index in [0.29, 0.717) is 46.3 Å². The van der Waals surface area contributed by atoms with Crippen molar-refractivity contribution in [1.29, 1.82) is 0 Å². The van der Waals surface area contributed by atoms with Crippen molar-refractivity contribution in [3.63, 3.8) is 0 Å². The molecule has 3 saturated carbocycles. The lowest BCUT2D eigenvalue weighted by molar-refractivity contribution is -0.303. The summed E-state index contributed by atoms with van der Waals surface area (Å²) in [7, 11) is 4.43. The SMILES string of the molecule is C/C=C1/C[C@@](C)(C2CCC3C(=CC[C@]45C=C6O[C@]([C@H](C)C(C)C)(CCC34C)[C@@H]65)C2(C)CC)C1OC[C@@](C)(C(C)C)N(C)C. The molecule has 0 aromatic heterocycles. The van der Waals surface area contributed by atoms with E-state index in [2.05, 4.69) is 113 Å². The molecule has 5 unspecified atom stereocenters. The molecule has 0 amide bonds. The maximum atomic E-state index is 7.08. The summed E-state index contributed by atoms with van der Waals surface area (Å²) in [5.74, 6) is 5.12. The van der Waals surface area contributed by atoms with E-state index in [9.17, 15) is 0 Å². The lowest BCUT2D eigenvalue weighted by atomic mass is 9.31. The molecular weight excluding hydrogens is 526 g/mol. The first-order valence-electron chi connectivity index (χ1n) is 18.1. The minimum Gasteiger partial charge on any atom is -0.490 e. The molecular formula is C40H65NO2. The van der Waals surface area contributed by atoms with Gasteiger partial charge >= 0.3 is 0 Å². The van der Waals surface area contributed by atoms with Crippen LogP contribution in [0.25, 0.3) is 0 Å². The highest BCUT2D eigenvalue weighted by Gasteiger charge is 2.78. The van der Waals surface area contributed by atoms with E-state index in [1.165, 1.54) is 56.3 Å². The number of nitrogens with zero attached hydrogens (tertiary/aromatic N) is 1. The van der Waals surface area contributed by atoms with Crippen molar-refractivity contribution >= 4 is 0 Å². The Morgan fingerprint density at radius 3 is 2.35 bits per heavy atom. The first kappa shape index (κ1) is 31.9. The molecule has 6 aliphatic rings. The second kappa shape index (κ2) is 9.97. The maximum Gasteiger partial charge on any atom is 0.122 e. The molecule has 1 spiro atoms. The van der Waals surface area contributed by atoms with E-state index in [0.717, 1.165) is 6.61 Å². The molecule has 0 N–H and O–H groups in total. The van der Waals surface area contributed by atoms with Crippen molar-refractivity contribution in [2.24, 2.45) is 57.2 Å². The molecule has 0 radical (unpaired) electrons. The molecule has 0 aromatic carbocycles. The Balaban J connectivity index is 1.31. The molecule has 1 heterocycles. The topological polar surface area (TPSA) is 21.7 Å². The lowest BCUT2D eigenvalue weighted by Crippen LogP contribution is -2.75. The van der Waals surface area contributed by atoms with Gasteiger partial charge in [0.05, 0.1) is 18.6 Å². The molecule has 1 saturated heterocycles. The monoisotopic (exact) mass is 592 g/mol. The quantitative estimate of drug-likeness (QED) is 0.249. The molecule has 242 valence electrons. The van der Waals surface area contributed by atoms with Gasteiger partial charge in [0.15, 0.2) is 0 Å². The molecule has 0 aromatic rings. The number of hydrogen-bond acceptors (Lipinski definition) is 3. The molecule has 1 aliphatic heterocycles. The van der Waals surface area contributed by atoms with Gasteiger partial charge < -0.3 is 14.4 Å². The van der Waals surface area contributed by atoms with Crippen molar-refractivity contribution in [1.82, 2.24) is 4.90 Å². The number of allylic oxidation sites excluding steroid dienone is 4. The van der Waals surface area contributed by atoms with Gasteiger partial charge in [0, 0.05) is 16.4 Å². The molecule has 6 rings (SSSR count). The van der Waals surface area contributed by atoms with Gasteiger partial charge in [0.25, 0.3) is 0 Å². The van der Waals surface area contributed by atoms with Crippen molar-refractivity contribution in [3.05, 3.63) is 35.1 Å². The van der Waals surface area contributed by atoms with Gasteiger partial charge in [-0.1, -0.05) is 80.0 Å². The number of ether oxygens (including phenoxy) is 2. The fraction of sp³-hybridized carbons (Fsp3) is 0.850. The van der Waals surface area contributed by atoms with Crippen LogP contribution in [0, 0.1) is 57.2 Å². The Bertz CT molecular complexity index is 1220. The van der Waals surface area contributed by atoms with Crippen LogP contribution in [0.1, 0.15) is 121 Å². The third-order valence-corrected chi connectivity index (χ3v) is 16.1. The van der Waals surface area contributed by atoms with Crippen molar-refractivity contribution in [2.75, 3.05) is 20.7 Å². The zero-order valence-corrected chi connectivity index (χ0v) is 30.2. The summed E-state index contributed by atoms with van der Waals surface area (Å²) in [5, 5.41) is 0. The van der Waals surface area contributed by atoms with E-state index in [1.807, 2.05) is 5.57 Å². The standard InChI is InChI=1S/C40H65NO2/c1-14-28-22-36(9,34(28)42-24-38(11,26(5)6)41(12)13)32-17-16-30-29(35(32,8)15-2)18-19-39-23-31-33(39)40(43-31,27(7)25(3)4)21-20-37(30,39)10/h14,18,23,25-27,30,32-34H,15-17,19-22,24H2,1-13H3/b28-14-/t27-,30?,32?,33+,34?,35?,36+,37?,38+,39-,40+/m1/s1. The third kappa shape index (κ3) is 3.79. The van der Waals surface area contributed by atoms with Crippen LogP contribution < -0.4 is 0 Å². The fourth-order valence-corrected chi connectivity index (χ4v) is 12.1. The number of hydrogen-bond donors (Lipinski definition) is 0. The highest BCUT2D eigenvalue weighted by Crippen LogP contribution is 2.81. The van der Waals surface area contributed by atoms with Gasteiger partial charge in [0.1, 0.15) is 11.4 Å². The fourth-order valence-electron chi connectivity index (χ4n) is 12.1. The number of likely N-dealkylation sites (N-methyl/N-ethyl adjacent to an activating group) is 1. The van der Waals surface area contributed by atoms with E-state index in [4.69, 9.17) is 9.47 Å². The summed E-state index contributed by atoms with van der Waals surface area (Å²) < 4.78 is 13.8. The van der Waals surface area contributed by atoms with Crippen LogP contribution in [0.4, 0.5) is 0 Å². The van der Waals surface area contributed by atoms with Crippen molar-refractivity contribution < 1.29 is 9.47 Å². The Hall–Kier alpha value is -1.06. The lowest BCUT2D eigenvalue weighted by Gasteiger charge is -2.77. The van der Waals surface area contributed by atoms with E-state index in [1.54, 1.807) is 0 Å². The molecule has 0 bridgehead atoms. The van der Waals surface area contributed by atoms with Crippen LogP contribution in [-0.4, -0.2) is 42.8 Å². The van der Waals surface area contributed by atoms with Crippen LogP contribution in [0.2, 0.25) is 0 Å². The zero-order valence-electron chi connectivity index (χ0n) is 30.2. The Morgan fingerprint density at radius 1 is 1.09 bits per heavy atom. The van der Waals surface area contributed by atoms with Gasteiger partial charge in [-0.3, -0.25) is 0 Å². The van der Waals surface area contributed by atoms with E-state index >= 15 is 0 Å². The number of fused-ring (bicyclic) bond motifs is 2. The Morgan fingerprint density at radius 2 is 1.79 bits per heavy atom. The van der Waals surface area contributed by atoms with Crippen LogP contribution in [-0.2, 0) is 9.47 Å². The molecule has 43 heavy (non-hydrogen) atoms. The molecule has 3 heteroatoms.